The van der Waals surface area contributed by atoms with E-state index in [4.69, 9.17) is 16.3 Å². The zero-order valence-electron chi connectivity index (χ0n) is 12.0. The monoisotopic (exact) mass is 353 g/mol. The van der Waals surface area contributed by atoms with Gasteiger partial charge in [0.1, 0.15) is 16.2 Å². The van der Waals surface area contributed by atoms with Crippen LogP contribution in [0, 0.1) is 10.1 Å². The van der Waals surface area contributed by atoms with Crippen LogP contribution < -0.4 is 4.74 Å². The lowest BCUT2D eigenvalue weighted by atomic mass is 10.0. The molecule has 0 unspecified atom stereocenters. The molecule has 0 bridgehead atoms. The van der Waals surface area contributed by atoms with Gasteiger partial charge in [0.25, 0.3) is 5.69 Å². The van der Waals surface area contributed by atoms with E-state index in [1.165, 1.54) is 13.2 Å². The van der Waals surface area contributed by atoms with Crippen LogP contribution in [-0.4, -0.2) is 20.5 Å². The predicted octanol–water partition coefficient (Wildman–Crippen LogP) is 3.84. The maximum atomic E-state index is 12.1. The average Bonchev–Trinajstić information content (AvgIpc) is 2.53. The van der Waals surface area contributed by atoms with E-state index in [2.05, 4.69) is 6.58 Å². The Balaban J connectivity index is 3.00. The summed E-state index contributed by atoms with van der Waals surface area (Å²) < 4.78 is 29.4. The number of ether oxygens (including phenoxy) is 1. The van der Waals surface area contributed by atoms with Crippen LogP contribution in [0.4, 0.5) is 5.69 Å². The van der Waals surface area contributed by atoms with Crippen LogP contribution in [0.3, 0.4) is 0 Å². The van der Waals surface area contributed by atoms with Gasteiger partial charge >= 0.3 is 0 Å². The topological polar surface area (TPSA) is 86.5 Å². The largest absolute Gasteiger partial charge is 0.496 e. The Morgan fingerprint density at radius 1 is 1.26 bits per heavy atom. The van der Waals surface area contributed by atoms with Gasteiger partial charge in [-0.1, -0.05) is 36.4 Å². The number of nitrogens with zero attached hydrogens (tertiary/aromatic N) is 1. The standard InChI is InChI=1S/C15H12ClNO5S/c1-3-23(20,21)13-9-8-12(22-2)14(15(13)17(18)19)10-6-4-5-7-11(10)16/h3-9H,1H2,2H3. The lowest BCUT2D eigenvalue weighted by molar-refractivity contribution is -0.387. The third-order valence-electron chi connectivity index (χ3n) is 3.17. The highest BCUT2D eigenvalue weighted by molar-refractivity contribution is 7.94. The first-order valence-electron chi connectivity index (χ1n) is 6.31. The number of nitro groups is 1. The van der Waals surface area contributed by atoms with Gasteiger partial charge in [0, 0.05) is 16.0 Å². The van der Waals surface area contributed by atoms with Gasteiger partial charge in [-0.3, -0.25) is 10.1 Å². The molecule has 0 saturated heterocycles. The number of nitro benzene ring substituents is 1. The molecular weight excluding hydrogens is 342 g/mol. The molecule has 0 N–H and O–H groups in total. The highest BCUT2D eigenvalue weighted by Crippen LogP contribution is 2.44. The van der Waals surface area contributed by atoms with Crippen LogP contribution in [-0.2, 0) is 9.84 Å². The van der Waals surface area contributed by atoms with Crippen LogP contribution in [0.15, 0.2) is 53.3 Å². The SMILES string of the molecule is C=CS(=O)(=O)c1ccc(OC)c(-c2ccccc2Cl)c1[N+](=O)[O-]. The molecule has 0 fully saturated rings. The predicted molar refractivity (Wildman–Crippen MR) is 87.5 cm³/mol. The molecule has 2 rings (SSSR count). The van der Waals surface area contributed by atoms with Crippen molar-refractivity contribution in [2.75, 3.05) is 7.11 Å². The Bertz CT molecular complexity index is 893. The van der Waals surface area contributed by atoms with Crippen LogP contribution >= 0.6 is 11.6 Å². The zero-order chi connectivity index (χ0) is 17.2. The van der Waals surface area contributed by atoms with E-state index in [0.29, 0.717) is 11.0 Å². The Morgan fingerprint density at radius 2 is 1.91 bits per heavy atom. The molecule has 23 heavy (non-hydrogen) atoms. The van der Waals surface area contributed by atoms with Crippen LogP contribution in [0.1, 0.15) is 0 Å². The normalized spacial score (nSPS) is 11.0. The van der Waals surface area contributed by atoms with Crippen LogP contribution in [0.25, 0.3) is 11.1 Å². The molecule has 2 aromatic rings. The Labute approximate surface area is 138 Å². The minimum absolute atomic E-state index is 0.00558. The fourth-order valence-electron chi connectivity index (χ4n) is 2.15. The summed E-state index contributed by atoms with van der Waals surface area (Å²) in [5, 5.41) is 12.5. The van der Waals surface area contributed by atoms with E-state index in [1.54, 1.807) is 24.3 Å². The molecule has 0 atom stereocenters. The minimum Gasteiger partial charge on any atom is -0.496 e. The smallest absolute Gasteiger partial charge is 0.299 e. The molecule has 0 aliphatic rings. The summed E-state index contributed by atoms with van der Waals surface area (Å²) in [6.45, 7) is 3.20. The quantitative estimate of drug-likeness (QED) is 0.602. The average molecular weight is 354 g/mol. The van der Waals surface area contributed by atoms with Crippen molar-refractivity contribution in [3.05, 3.63) is 63.5 Å². The van der Waals surface area contributed by atoms with Gasteiger partial charge in [-0.2, -0.15) is 0 Å². The van der Waals surface area contributed by atoms with E-state index in [1.807, 2.05) is 0 Å². The first-order valence-corrected chi connectivity index (χ1v) is 8.23. The first kappa shape index (κ1) is 17.0. The molecule has 0 aliphatic carbocycles. The molecular formula is C15H12ClNO5S. The van der Waals surface area contributed by atoms with Crippen molar-refractivity contribution in [1.82, 2.24) is 0 Å². The van der Waals surface area contributed by atoms with Gasteiger partial charge in [0.05, 0.1) is 12.0 Å². The molecule has 8 heteroatoms. The molecule has 6 nitrogen and oxygen atoms in total. The van der Waals surface area contributed by atoms with Crippen molar-refractivity contribution in [1.29, 1.82) is 0 Å². The minimum atomic E-state index is -4.02. The van der Waals surface area contributed by atoms with Gasteiger partial charge in [0.2, 0.25) is 9.84 Å². The molecule has 0 spiro atoms. The second kappa shape index (κ2) is 6.39. The third kappa shape index (κ3) is 3.06. The number of halogens is 1. The molecule has 0 heterocycles. The van der Waals surface area contributed by atoms with Crippen molar-refractivity contribution in [2.24, 2.45) is 0 Å². The second-order valence-corrected chi connectivity index (χ2v) is 6.71. The lowest BCUT2D eigenvalue weighted by Gasteiger charge is -2.13. The van der Waals surface area contributed by atoms with Gasteiger partial charge < -0.3 is 4.74 Å². The van der Waals surface area contributed by atoms with Crippen molar-refractivity contribution < 1.29 is 18.1 Å². The number of hydrogen-bond donors (Lipinski definition) is 0. The summed E-state index contributed by atoms with van der Waals surface area (Å²) in [4.78, 5) is 10.3. The second-order valence-electron chi connectivity index (χ2n) is 4.44. The van der Waals surface area contributed by atoms with E-state index in [-0.39, 0.29) is 16.3 Å². The number of hydrogen-bond acceptors (Lipinski definition) is 5. The highest BCUT2D eigenvalue weighted by Gasteiger charge is 2.31. The van der Waals surface area contributed by atoms with Gasteiger partial charge in [-0.15, -0.1) is 0 Å². The number of rotatable bonds is 5. The molecule has 0 amide bonds. The Morgan fingerprint density at radius 3 is 2.43 bits per heavy atom. The summed E-state index contributed by atoms with van der Waals surface area (Å²) in [6.07, 6.45) is 0. The lowest BCUT2D eigenvalue weighted by Crippen LogP contribution is -2.05. The fraction of sp³-hybridized carbons (Fsp3) is 0.0667. The van der Waals surface area contributed by atoms with Crippen molar-refractivity contribution >= 4 is 27.1 Å². The van der Waals surface area contributed by atoms with E-state index in [0.717, 1.165) is 6.07 Å². The maximum absolute atomic E-state index is 12.1. The fourth-order valence-corrected chi connectivity index (χ4v) is 3.26. The van der Waals surface area contributed by atoms with E-state index in [9.17, 15) is 18.5 Å². The first-order chi connectivity index (χ1) is 10.8. The van der Waals surface area contributed by atoms with E-state index < -0.39 is 25.3 Å². The van der Waals surface area contributed by atoms with Gasteiger partial charge in [-0.25, -0.2) is 8.42 Å². The summed E-state index contributed by atoms with van der Waals surface area (Å²) in [5.41, 5.74) is -0.290. The molecule has 0 saturated carbocycles. The molecule has 0 aliphatic heterocycles. The highest BCUT2D eigenvalue weighted by atomic mass is 35.5. The summed E-state index contributed by atoms with van der Waals surface area (Å²) >= 11 is 6.12. The van der Waals surface area contributed by atoms with Crippen LogP contribution in [0.2, 0.25) is 5.02 Å². The van der Waals surface area contributed by atoms with E-state index >= 15 is 0 Å². The third-order valence-corrected chi connectivity index (χ3v) is 4.89. The number of sulfone groups is 1. The van der Waals surface area contributed by atoms with Gasteiger partial charge in [-0.05, 0) is 18.2 Å². The van der Waals surface area contributed by atoms with Gasteiger partial charge in [0.15, 0.2) is 0 Å². The Kier molecular flexibility index (Phi) is 4.72. The summed E-state index contributed by atoms with van der Waals surface area (Å²) in [6, 6.07) is 8.87. The summed E-state index contributed by atoms with van der Waals surface area (Å²) in [7, 11) is -2.68. The molecule has 0 radical (unpaired) electrons. The maximum Gasteiger partial charge on any atom is 0.299 e. The van der Waals surface area contributed by atoms with Crippen molar-refractivity contribution in [2.45, 2.75) is 4.90 Å². The molecule has 0 aromatic heterocycles. The zero-order valence-corrected chi connectivity index (χ0v) is 13.6. The summed E-state index contributed by atoms with van der Waals surface area (Å²) in [5.74, 6) is 0.146. The molecule has 2 aromatic carbocycles. The Hall–Kier alpha value is -2.38. The van der Waals surface area contributed by atoms with Crippen LogP contribution in [0.5, 0.6) is 5.75 Å². The van der Waals surface area contributed by atoms with Crippen molar-refractivity contribution in [3.8, 4) is 16.9 Å². The number of methoxy groups -OCH3 is 1. The number of benzene rings is 2. The molecule has 120 valence electrons. The van der Waals surface area contributed by atoms with Crippen molar-refractivity contribution in [3.63, 3.8) is 0 Å².